The summed E-state index contributed by atoms with van der Waals surface area (Å²) in [5.74, 6) is -1.38. The molecule has 0 aromatic heterocycles. The summed E-state index contributed by atoms with van der Waals surface area (Å²) in [7, 11) is 0. The molecule has 1 amide bonds. The smallest absolute Gasteiger partial charge is 0.308 e. The van der Waals surface area contributed by atoms with Gasteiger partial charge in [-0.1, -0.05) is 6.92 Å². The number of hydrogen-bond donors (Lipinski definition) is 1. The largest absolute Gasteiger partial charge is 0.481 e. The molecule has 2 rings (SSSR count). The molecule has 0 unspecified atom stereocenters. The Morgan fingerprint density at radius 3 is 2.59 bits per heavy atom. The standard InChI is InChI=1S/C12H19NO4/c1-8(12(15)16)7-13(9-4-5-9)11(14)10-3-2-6-17-10/h8-10H,2-7H2,1H3,(H,15,16)/t8-,10+/m0/s1. The van der Waals surface area contributed by atoms with Gasteiger partial charge >= 0.3 is 5.97 Å². The van der Waals surface area contributed by atoms with Crippen LogP contribution >= 0.6 is 0 Å². The first-order valence-corrected chi connectivity index (χ1v) is 6.24. The number of carbonyl (C=O) groups is 2. The van der Waals surface area contributed by atoms with Crippen LogP contribution in [0.5, 0.6) is 0 Å². The summed E-state index contributed by atoms with van der Waals surface area (Å²) in [5.41, 5.74) is 0. The fourth-order valence-corrected chi connectivity index (χ4v) is 2.14. The molecule has 0 aromatic carbocycles. The van der Waals surface area contributed by atoms with Crippen LogP contribution in [0.1, 0.15) is 32.6 Å². The molecule has 0 spiro atoms. The lowest BCUT2D eigenvalue weighted by Gasteiger charge is -2.26. The molecule has 2 aliphatic rings. The highest BCUT2D eigenvalue weighted by Crippen LogP contribution is 2.29. The first-order valence-electron chi connectivity index (χ1n) is 6.24. The zero-order valence-electron chi connectivity index (χ0n) is 10.1. The topological polar surface area (TPSA) is 66.8 Å². The Morgan fingerprint density at radius 1 is 1.41 bits per heavy atom. The number of amides is 1. The molecule has 2 fully saturated rings. The third kappa shape index (κ3) is 2.97. The van der Waals surface area contributed by atoms with Gasteiger partial charge in [-0.2, -0.15) is 0 Å². The summed E-state index contributed by atoms with van der Waals surface area (Å²) in [6, 6.07) is 0.244. The van der Waals surface area contributed by atoms with E-state index in [4.69, 9.17) is 9.84 Å². The summed E-state index contributed by atoms with van der Waals surface area (Å²) < 4.78 is 5.38. The van der Waals surface area contributed by atoms with Crippen molar-refractivity contribution < 1.29 is 19.4 Å². The van der Waals surface area contributed by atoms with E-state index in [1.807, 2.05) is 0 Å². The van der Waals surface area contributed by atoms with Crippen LogP contribution in [0.2, 0.25) is 0 Å². The third-order valence-corrected chi connectivity index (χ3v) is 3.37. The molecule has 0 aromatic rings. The van der Waals surface area contributed by atoms with E-state index in [1.54, 1.807) is 11.8 Å². The number of ether oxygens (including phenoxy) is 1. The Balaban J connectivity index is 1.96. The van der Waals surface area contributed by atoms with Crippen LogP contribution < -0.4 is 0 Å². The molecule has 1 saturated heterocycles. The molecule has 1 N–H and O–H groups in total. The molecule has 5 heteroatoms. The summed E-state index contributed by atoms with van der Waals surface area (Å²) >= 11 is 0. The minimum Gasteiger partial charge on any atom is -0.481 e. The molecular weight excluding hydrogens is 222 g/mol. The van der Waals surface area contributed by atoms with Crippen LogP contribution in [0.4, 0.5) is 0 Å². The second kappa shape index (κ2) is 5.04. The second-order valence-electron chi connectivity index (χ2n) is 4.96. The second-order valence-corrected chi connectivity index (χ2v) is 4.96. The number of hydrogen-bond acceptors (Lipinski definition) is 3. The lowest BCUT2D eigenvalue weighted by molar-refractivity contribution is -0.146. The van der Waals surface area contributed by atoms with E-state index in [0.717, 1.165) is 25.7 Å². The average molecular weight is 241 g/mol. The van der Waals surface area contributed by atoms with Gasteiger partial charge in [0.25, 0.3) is 5.91 Å². The molecule has 1 saturated carbocycles. The van der Waals surface area contributed by atoms with E-state index < -0.39 is 11.9 Å². The maximum absolute atomic E-state index is 12.2. The molecule has 17 heavy (non-hydrogen) atoms. The molecule has 96 valence electrons. The number of rotatable bonds is 5. The Morgan fingerprint density at radius 2 is 2.12 bits per heavy atom. The normalized spacial score (nSPS) is 25.6. The Bertz CT molecular complexity index is 308. The van der Waals surface area contributed by atoms with Crippen molar-refractivity contribution >= 4 is 11.9 Å². The highest BCUT2D eigenvalue weighted by Gasteiger charge is 2.38. The van der Waals surface area contributed by atoms with E-state index >= 15 is 0 Å². The number of carboxylic acids is 1. The van der Waals surface area contributed by atoms with Crippen LogP contribution in [0, 0.1) is 5.92 Å². The van der Waals surface area contributed by atoms with Crippen LogP contribution in [-0.2, 0) is 14.3 Å². The van der Waals surface area contributed by atoms with Gasteiger partial charge in [0.15, 0.2) is 0 Å². The van der Waals surface area contributed by atoms with Crippen molar-refractivity contribution in [2.24, 2.45) is 5.92 Å². The van der Waals surface area contributed by atoms with Gasteiger partial charge in [0.05, 0.1) is 5.92 Å². The molecule has 5 nitrogen and oxygen atoms in total. The van der Waals surface area contributed by atoms with Crippen molar-refractivity contribution in [2.75, 3.05) is 13.2 Å². The highest BCUT2D eigenvalue weighted by atomic mass is 16.5. The average Bonchev–Trinajstić information content (AvgIpc) is 2.98. The van der Waals surface area contributed by atoms with E-state index in [1.165, 1.54) is 0 Å². The van der Waals surface area contributed by atoms with Crippen molar-refractivity contribution in [1.82, 2.24) is 4.90 Å². The Kier molecular flexibility index (Phi) is 3.66. The predicted octanol–water partition coefficient (Wildman–Crippen LogP) is 0.877. The van der Waals surface area contributed by atoms with Crippen molar-refractivity contribution in [2.45, 2.75) is 44.8 Å². The lowest BCUT2D eigenvalue weighted by Crippen LogP contribution is -2.43. The van der Waals surface area contributed by atoms with E-state index in [-0.39, 0.29) is 18.1 Å². The first-order chi connectivity index (χ1) is 8.09. The van der Waals surface area contributed by atoms with Crippen molar-refractivity contribution in [3.05, 3.63) is 0 Å². The van der Waals surface area contributed by atoms with Gasteiger partial charge in [0, 0.05) is 19.2 Å². The summed E-state index contributed by atoms with van der Waals surface area (Å²) in [6.07, 6.45) is 3.33. The van der Waals surface area contributed by atoms with Gasteiger partial charge in [-0.15, -0.1) is 0 Å². The number of aliphatic carboxylic acids is 1. The van der Waals surface area contributed by atoms with Gasteiger partial charge in [-0.3, -0.25) is 9.59 Å². The van der Waals surface area contributed by atoms with Crippen molar-refractivity contribution in [1.29, 1.82) is 0 Å². The first kappa shape index (κ1) is 12.4. The van der Waals surface area contributed by atoms with E-state index in [0.29, 0.717) is 13.2 Å². The number of nitrogens with zero attached hydrogens (tertiary/aromatic N) is 1. The molecule has 0 radical (unpaired) electrons. The zero-order valence-corrected chi connectivity index (χ0v) is 10.1. The fraction of sp³-hybridized carbons (Fsp3) is 0.833. The highest BCUT2D eigenvalue weighted by molar-refractivity contribution is 5.82. The van der Waals surface area contributed by atoms with Crippen molar-refractivity contribution in [3.63, 3.8) is 0 Å². The Hall–Kier alpha value is -1.10. The van der Waals surface area contributed by atoms with Crippen LogP contribution in [0.15, 0.2) is 0 Å². The fourth-order valence-electron chi connectivity index (χ4n) is 2.14. The molecule has 1 aliphatic carbocycles. The molecule has 0 bridgehead atoms. The minimum atomic E-state index is -0.851. The maximum atomic E-state index is 12.2. The van der Waals surface area contributed by atoms with Crippen LogP contribution in [0.25, 0.3) is 0 Å². The predicted molar refractivity (Wildman–Crippen MR) is 60.5 cm³/mol. The van der Waals surface area contributed by atoms with Crippen LogP contribution in [-0.4, -0.2) is 47.2 Å². The van der Waals surface area contributed by atoms with E-state index in [9.17, 15) is 9.59 Å². The van der Waals surface area contributed by atoms with Gasteiger partial charge in [-0.05, 0) is 25.7 Å². The van der Waals surface area contributed by atoms with Crippen molar-refractivity contribution in [3.8, 4) is 0 Å². The molecule has 2 atom stereocenters. The van der Waals surface area contributed by atoms with E-state index in [2.05, 4.69) is 0 Å². The molecule has 1 aliphatic heterocycles. The zero-order chi connectivity index (χ0) is 12.4. The van der Waals surface area contributed by atoms with Gasteiger partial charge in [0.1, 0.15) is 6.10 Å². The maximum Gasteiger partial charge on any atom is 0.308 e. The SMILES string of the molecule is C[C@@H](CN(C(=O)[C@H]1CCCO1)C1CC1)C(=O)O. The monoisotopic (exact) mass is 241 g/mol. The number of carboxylic acid groups (broad SMARTS) is 1. The number of carbonyl (C=O) groups excluding carboxylic acids is 1. The van der Waals surface area contributed by atoms with Crippen LogP contribution in [0.3, 0.4) is 0 Å². The van der Waals surface area contributed by atoms with Gasteiger partial charge < -0.3 is 14.7 Å². The third-order valence-electron chi connectivity index (χ3n) is 3.37. The van der Waals surface area contributed by atoms with Gasteiger partial charge in [0.2, 0.25) is 0 Å². The Labute approximate surface area is 101 Å². The summed E-state index contributed by atoms with van der Waals surface area (Å²) in [5, 5.41) is 8.91. The minimum absolute atomic E-state index is 0.0156. The molecular formula is C12H19NO4. The summed E-state index contributed by atoms with van der Waals surface area (Å²) in [4.78, 5) is 24.8. The lowest BCUT2D eigenvalue weighted by atomic mass is 10.1. The quantitative estimate of drug-likeness (QED) is 0.775. The summed E-state index contributed by atoms with van der Waals surface area (Å²) in [6.45, 7) is 2.59. The molecule has 1 heterocycles. The van der Waals surface area contributed by atoms with Gasteiger partial charge in [-0.25, -0.2) is 0 Å².